The molecular formula is C24H27ClN2O5. The second-order valence-corrected chi connectivity index (χ2v) is 8.00. The van der Waals surface area contributed by atoms with Crippen LogP contribution >= 0.6 is 11.6 Å². The molecule has 0 bridgehead atoms. The van der Waals surface area contributed by atoms with Gasteiger partial charge >= 0.3 is 0 Å². The summed E-state index contributed by atoms with van der Waals surface area (Å²) in [6.45, 7) is 6.08. The van der Waals surface area contributed by atoms with Crippen LogP contribution in [0.2, 0.25) is 5.02 Å². The van der Waals surface area contributed by atoms with Gasteiger partial charge in [-0.25, -0.2) is 0 Å². The van der Waals surface area contributed by atoms with Crippen LogP contribution in [0.5, 0.6) is 11.5 Å². The highest BCUT2D eigenvalue weighted by Gasteiger charge is 2.39. The van der Waals surface area contributed by atoms with Crippen molar-refractivity contribution in [2.75, 3.05) is 32.7 Å². The minimum atomic E-state index is -0.427. The van der Waals surface area contributed by atoms with Crippen LogP contribution in [-0.4, -0.2) is 50.2 Å². The summed E-state index contributed by atoms with van der Waals surface area (Å²) in [5, 5.41) is 3.66. The second-order valence-electron chi connectivity index (χ2n) is 7.59. The van der Waals surface area contributed by atoms with Crippen LogP contribution < -0.4 is 14.8 Å². The third-order valence-electron chi connectivity index (χ3n) is 5.05. The maximum absolute atomic E-state index is 13.3. The van der Waals surface area contributed by atoms with Crippen molar-refractivity contribution in [1.82, 2.24) is 4.90 Å². The predicted octanol–water partition coefficient (Wildman–Crippen LogP) is 4.28. The van der Waals surface area contributed by atoms with Crippen molar-refractivity contribution in [3.63, 3.8) is 0 Å². The highest BCUT2D eigenvalue weighted by molar-refractivity contribution is 6.36. The van der Waals surface area contributed by atoms with Crippen LogP contribution in [0, 0.1) is 6.92 Å². The highest BCUT2D eigenvalue weighted by atomic mass is 35.5. The van der Waals surface area contributed by atoms with Crippen molar-refractivity contribution >= 4 is 34.7 Å². The summed E-state index contributed by atoms with van der Waals surface area (Å²) < 4.78 is 16.2. The summed E-state index contributed by atoms with van der Waals surface area (Å²) in [6, 6.07) is 10.5. The second kappa shape index (κ2) is 10.1. The molecule has 2 amide bonds. The van der Waals surface area contributed by atoms with Crippen LogP contribution in [0.25, 0.3) is 5.57 Å². The van der Waals surface area contributed by atoms with E-state index < -0.39 is 11.8 Å². The molecule has 32 heavy (non-hydrogen) atoms. The molecule has 0 atom stereocenters. The Morgan fingerprint density at radius 1 is 1.00 bits per heavy atom. The first kappa shape index (κ1) is 23.6. The summed E-state index contributed by atoms with van der Waals surface area (Å²) >= 11 is 6.25. The Labute approximate surface area is 192 Å². The van der Waals surface area contributed by atoms with Gasteiger partial charge in [0.05, 0.1) is 39.0 Å². The Morgan fingerprint density at radius 2 is 1.72 bits per heavy atom. The lowest BCUT2D eigenvalue weighted by Gasteiger charge is -2.16. The summed E-state index contributed by atoms with van der Waals surface area (Å²) in [5.74, 6) is 0.145. The summed E-state index contributed by atoms with van der Waals surface area (Å²) in [5.41, 5.74) is 2.47. The number of methoxy groups -OCH3 is 2. The number of imide groups is 1. The van der Waals surface area contributed by atoms with Gasteiger partial charge in [0.25, 0.3) is 11.8 Å². The van der Waals surface area contributed by atoms with Crippen LogP contribution in [0.1, 0.15) is 25.0 Å². The number of carbonyl (C=O) groups is 2. The van der Waals surface area contributed by atoms with Crippen LogP contribution in [-0.2, 0) is 14.3 Å². The van der Waals surface area contributed by atoms with E-state index in [2.05, 4.69) is 5.32 Å². The third-order valence-corrected chi connectivity index (χ3v) is 5.45. The molecule has 1 aliphatic rings. The lowest BCUT2D eigenvalue weighted by Crippen LogP contribution is -2.35. The lowest BCUT2D eigenvalue weighted by atomic mass is 10.0. The smallest absolute Gasteiger partial charge is 0.278 e. The van der Waals surface area contributed by atoms with Crippen molar-refractivity contribution in [3.8, 4) is 11.5 Å². The molecule has 0 radical (unpaired) electrons. The van der Waals surface area contributed by atoms with Gasteiger partial charge in [0.1, 0.15) is 5.70 Å². The Kier molecular flexibility index (Phi) is 7.43. The average molecular weight is 459 g/mol. The molecule has 0 spiro atoms. The molecule has 8 heteroatoms. The van der Waals surface area contributed by atoms with Gasteiger partial charge in [-0.2, -0.15) is 0 Å². The van der Waals surface area contributed by atoms with E-state index in [1.54, 1.807) is 24.3 Å². The molecule has 0 saturated heterocycles. The Balaban J connectivity index is 2.03. The van der Waals surface area contributed by atoms with E-state index in [4.69, 9.17) is 25.8 Å². The SMILES string of the molecule is COc1ccc(C2=C(Nc3ccc(C)c(Cl)c3)C(=O)N(CCOC(C)C)C2=O)cc1OC. The van der Waals surface area contributed by atoms with E-state index in [1.807, 2.05) is 32.9 Å². The normalized spacial score (nSPS) is 13.9. The summed E-state index contributed by atoms with van der Waals surface area (Å²) in [4.78, 5) is 27.8. The molecule has 1 N–H and O–H groups in total. The molecule has 170 valence electrons. The number of anilines is 1. The fraction of sp³-hybridized carbons (Fsp3) is 0.333. The van der Waals surface area contributed by atoms with Gasteiger partial charge in [0, 0.05) is 10.7 Å². The monoisotopic (exact) mass is 458 g/mol. The number of nitrogens with one attached hydrogen (secondary N) is 1. The average Bonchev–Trinajstić information content (AvgIpc) is 2.99. The van der Waals surface area contributed by atoms with E-state index in [-0.39, 0.29) is 30.5 Å². The number of benzene rings is 2. The molecule has 2 aromatic rings. The van der Waals surface area contributed by atoms with Crippen molar-refractivity contribution in [2.45, 2.75) is 26.9 Å². The maximum atomic E-state index is 13.3. The standard InChI is InChI=1S/C24H27ClN2O5/c1-14(2)32-11-10-27-23(28)21(16-7-9-19(30-4)20(12-16)31-5)22(24(27)29)26-17-8-6-15(3)18(25)13-17/h6-9,12-14,26H,10-11H2,1-5H3. The molecule has 0 aromatic heterocycles. The maximum Gasteiger partial charge on any atom is 0.278 e. The molecule has 0 fully saturated rings. The van der Waals surface area contributed by atoms with Gasteiger partial charge in [-0.15, -0.1) is 0 Å². The molecule has 1 heterocycles. The zero-order valence-corrected chi connectivity index (χ0v) is 19.6. The van der Waals surface area contributed by atoms with Gasteiger partial charge in [-0.05, 0) is 56.2 Å². The number of aryl methyl sites for hydroxylation is 1. The minimum Gasteiger partial charge on any atom is -0.493 e. The van der Waals surface area contributed by atoms with Crippen molar-refractivity contribution in [2.24, 2.45) is 0 Å². The van der Waals surface area contributed by atoms with Crippen LogP contribution in [0.4, 0.5) is 5.69 Å². The molecule has 3 rings (SSSR count). The first-order chi connectivity index (χ1) is 15.3. The van der Waals surface area contributed by atoms with E-state index in [0.717, 1.165) is 5.56 Å². The van der Waals surface area contributed by atoms with Gasteiger partial charge in [0.15, 0.2) is 11.5 Å². The molecule has 0 aliphatic carbocycles. The van der Waals surface area contributed by atoms with E-state index in [9.17, 15) is 9.59 Å². The van der Waals surface area contributed by atoms with Crippen molar-refractivity contribution in [1.29, 1.82) is 0 Å². The van der Waals surface area contributed by atoms with Gasteiger partial charge in [0.2, 0.25) is 0 Å². The third kappa shape index (κ3) is 4.89. The molecule has 7 nitrogen and oxygen atoms in total. The van der Waals surface area contributed by atoms with Crippen molar-refractivity contribution < 1.29 is 23.8 Å². The largest absolute Gasteiger partial charge is 0.493 e. The minimum absolute atomic E-state index is 0.00613. The number of hydrogen-bond donors (Lipinski definition) is 1. The quantitative estimate of drug-likeness (QED) is 0.565. The van der Waals surface area contributed by atoms with E-state index in [1.165, 1.54) is 19.1 Å². The zero-order valence-electron chi connectivity index (χ0n) is 18.8. The summed E-state index contributed by atoms with van der Waals surface area (Å²) in [6.07, 6.45) is -0.00613. The zero-order chi connectivity index (χ0) is 23.4. The van der Waals surface area contributed by atoms with Gasteiger partial charge < -0.3 is 19.5 Å². The molecule has 1 aliphatic heterocycles. The van der Waals surface area contributed by atoms with E-state index >= 15 is 0 Å². The Bertz CT molecular complexity index is 1060. The lowest BCUT2D eigenvalue weighted by molar-refractivity contribution is -0.137. The van der Waals surface area contributed by atoms with Gasteiger partial charge in [-0.3, -0.25) is 14.5 Å². The Hall–Kier alpha value is -3.03. The molecule has 0 unspecified atom stereocenters. The number of hydrogen-bond acceptors (Lipinski definition) is 6. The first-order valence-corrected chi connectivity index (χ1v) is 10.6. The fourth-order valence-electron chi connectivity index (χ4n) is 3.35. The highest BCUT2D eigenvalue weighted by Crippen LogP contribution is 2.36. The number of nitrogens with zero attached hydrogens (tertiary/aromatic N) is 1. The summed E-state index contributed by atoms with van der Waals surface area (Å²) in [7, 11) is 3.05. The molecular weight excluding hydrogens is 432 g/mol. The van der Waals surface area contributed by atoms with Crippen molar-refractivity contribution in [3.05, 3.63) is 58.2 Å². The predicted molar refractivity (Wildman–Crippen MR) is 124 cm³/mol. The number of amides is 2. The van der Waals surface area contributed by atoms with Gasteiger partial charge in [-0.1, -0.05) is 23.7 Å². The Morgan fingerprint density at radius 3 is 2.34 bits per heavy atom. The van der Waals surface area contributed by atoms with Crippen LogP contribution in [0.15, 0.2) is 42.1 Å². The number of ether oxygens (including phenoxy) is 3. The topological polar surface area (TPSA) is 77.1 Å². The van der Waals surface area contributed by atoms with Crippen LogP contribution in [0.3, 0.4) is 0 Å². The fourth-order valence-corrected chi connectivity index (χ4v) is 3.53. The number of rotatable bonds is 9. The molecule has 0 saturated carbocycles. The number of halogens is 1. The number of carbonyl (C=O) groups excluding carboxylic acids is 2. The molecule has 2 aromatic carbocycles. The van der Waals surface area contributed by atoms with E-state index in [0.29, 0.717) is 27.8 Å². The first-order valence-electron chi connectivity index (χ1n) is 10.2.